The molecule has 4 aliphatic heterocycles. The molecule has 27 heteroatoms. The van der Waals surface area contributed by atoms with Crippen molar-refractivity contribution in [1.82, 2.24) is 40.2 Å². The number of piperidine rings is 2. The van der Waals surface area contributed by atoms with E-state index in [1.165, 1.54) is 18.0 Å². The van der Waals surface area contributed by atoms with Crippen LogP contribution in [0.4, 0.5) is 27.8 Å². The number of nitrogen functional groups attached to an aromatic ring is 1. The number of anilines is 4. The second kappa shape index (κ2) is 29.2. The zero-order valence-electron chi connectivity index (χ0n) is 47.4. The molecule has 3 atom stereocenters. The second-order valence-electron chi connectivity index (χ2n) is 21.7. The van der Waals surface area contributed by atoms with Crippen molar-refractivity contribution >= 4 is 92.8 Å². The number of rotatable bonds is 25. The predicted octanol–water partition coefficient (Wildman–Crippen LogP) is 4.41. The minimum Gasteiger partial charge on any atom is -0.444 e. The average molecular weight is 1190 g/mol. The van der Waals surface area contributed by atoms with Crippen LogP contribution in [0.3, 0.4) is 0 Å². The number of carbonyl (C=O) groups is 6. The number of nitrogens with two attached hydrogens (primary N) is 1. The van der Waals surface area contributed by atoms with Crippen molar-refractivity contribution in [1.29, 1.82) is 0 Å². The second-order valence-corrected chi connectivity index (χ2v) is 23.1. The van der Waals surface area contributed by atoms with Gasteiger partial charge in [-0.1, -0.05) is 41.6 Å². The molecule has 4 aromatic rings. The van der Waals surface area contributed by atoms with Crippen LogP contribution < -0.4 is 37.5 Å². The monoisotopic (exact) mass is 1190 g/mol. The number of alkyl carbamates (subject to hydrolysis) is 1. The van der Waals surface area contributed by atoms with E-state index in [0.29, 0.717) is 142 Å². The van der Waals surface area contributed by atoms with Gasteiger partial charge in [-0.25, -0.2) is 19.4 Å². The number of nitrogens with one attached hydrogen (secondary N) is 4. The van der Waals surface area contributed by atoms with Crippen LogP contribution in [-0.2, 0) is 52.4 Å². The molecule has 0 aliphatic carbocycles. The number of benzene rings is 2. The fourth-order valence-electron chi connectivity index (χ4n) is 10.4. The molecule has 0 radical (unpaired) electrons. The molecule has 1 spiro atoms. The van der Waals surface area contributed by atoms with Gasteiger partial charge in [0.1, 0.15) is 22.5 Å². The number of ether oxygens (including phenoxy) is 6. The van der Waals surface area contributed by atoms with E-state index in [1.807, 2.05) is 27.7 Å². The number of hydrogen-bond donors (Lipinski definition) is 5. The van der Waals surface area contributed by atoms with Gasteiger partial charge in [0.05, 0.1) is 107 Å². The van der Waals surface area contributed by atoms with E-state index in [9.17, 15) is 33.6 Å². The van der Waals surface area contributed by atoms with Crippen LogP contribution in [0.2, 0.25) is 5.02 Å². The molecule has 4 saturated heterocycles. The minimum atomic E-state index is -0.855. The van der Waals surface area contributed by atoms with Gasteiger partial charge in [0.15, 0.2) is 5.82 Å². The lowest BCUT2D eigenvalue weighted by Crippen LogP contribution is -2.55. The Hall–Kier alpha value is -6.68. The maximum atomic E-state index is 13.4. The van der Waals surface area contributed by atoms with Crippen LogP contribution in [0.5, 0.6) is 0 Å². The Morgan fingerprint density at radius 1 is 0.831 bits per heavy atom. The Morgan fingerprint density at radius 3 is 2.13 bits per heavy atom. The van der Waals surface area contributed by atoms with Gasteiger partial charge in [0, 0.05) is 86.5 Å². The van der Waals surface area contributed by atoms with Gasteiger partial charge in [0.2, 0.25) is 23.6 Å². The number of aromatic nitrogens is 4. The molecule has 1 unspecified atom stereocenters. The molecule has 6 N–H and O–H groups in total. The summed E-state index contributed by atoms with van der Waals surface area (Å²) >= 11 is 8.01. The van der Waals surface area contributed by atoms with Gasteiger partial charge in [-0.3, -0.25) is 34.1 Å². The first-order valence-corrected chi connectivity index (χ1v) is 29.3. The standard InChI is InChI=1S/C56H75ClN12O13S/c1-36-49(65-54(76)82-55(2,3)4)56(35-81-36)16-19-66(20-17-56)42-34-60-52(50(58)63-42)83-41-10-6-9-39(48(41)57)62-43(70)13-14-45(72)67-21-23-68(24-22-67)46(73)15-25-77-27-29-79-31-32-80-30-28-78-26-18-59-38-8-5-7-37-33-61-69(53(75)47(37)38)40-11-12-44(71)64-51(40)74/h5-10,33-34,36,40,49,59H,11-32,35H2,1-4H3,(H2,58,63)(H,62,70)(H,65,76)(H,64,71,74)/t36-,40?,49+/m1/s1. The van der Waals surface area contributed by atoms with Crippen molar-refractivity contribution in [2.75, 3.05) is 127 Å². The molecule has 6 heterocycles. The summed E-state index contributed by atoms with van der Waals surface area (Å²) in [4.78, 5) is 105. The Balaban J connectivity index is 0.641. The summed E-state index contributed by atoms with van der Waals surface area (Å²) in [7, 11) is 0. The molecule has 8 rings (SSSR count). The molecule has 450 valence electrons. The molecule has 0 bridgehead atoms. The number of amides is 6. The summed E-state index contributed by atoms with van der Waals surface area (Å²) in [5.41, 5.74) is 6.15. The molecule has 6 amide bonds. The highest BCUT2D eigenvalue weighted by molar-refractivity contribution is 7.99. The first-order valence-electron chi connectivity index (χ1n) is 28.1. The largest absolute Gasteiger partial charge is 0.444 e. The van der Waals surface area contributed by atoms with E-state index in [1.54, 1.807) is 52.4 Å². The van der Waals surface area contributed by atoms with Crippen LogP contribution in [0.1, 0.15) is 78.7 Å². The van der Waals surface area contributed by atoms with E-state index in [-0.39, 0.29) is 85.7 Å². The Morgan fingerprint density at radius 2 is 1.47 bits per heavy atom. The molecule has 0 saturated carbocycles. The predicted molar refractivity (Wildman–Crippen MR) is 309 cm³/mol. The maximum Gasteiger partial charge on any atom is 0.407 e. The smallest absolute Gasteiger partial charge is 0.407 e. The molecule has 83 heavy (non-hydrogen) atoms. The number of carbonyl (C=O) groups excluding carboxylic acids is 6. The van der Waals surface area contributed by atoms with Crippen molar-refractivity contribution in [3.05, 3.63) is 64.2 Å². The first-order chi connectivity index (χ1) is 39.9. The summed E-state index contributed by atoms with van der Waals surface area (Å²) in [6, 6.07) is 9.53. The Labute approximate surface area is 490 Å². The average Bonchev–Trinajstić information content (AvgIpc) is 3.10. The van der Waals surface area contributed by atoms with Crippen molar-refractivity contribution in [3.63, 3.8) is 0 Å². The Kier molecular flexibility index (Phi) is 22.0. The summed E-state index contributed by atoms with van der Waals surface area (Å²) in [6.45, 7) is 13.9. The van der Waals surface area contributed by atoms with Crippen molar-refractivity contribution in [2.24, 2.45) is 5.41 Å². The minimum absolute atomic E-state index is 0.00787. The third-order valence-corrected chi connectivity index (χ3v) is 16.3. The zero-order valence-corrected chi connectivity index (χ0v) is 49.0. The van der Waals surface area contributed by atoms with E-state index < -0.39 is 29.2 Å². The molecule has 2 aromatic heterocycles. The van der Waals surface area contributed by atoms with E-state index >= 15 is 0 Å². The number of fused-ring (bicyclic) bond motifs is 1. The maximum absolute atomic E-state index is 13.4. The molecule has 4 fully saturated rings. The molecule has 2 aromatic carbocycles. The van der Waals surface area contributed by atoms with E-state index in [0.717, 1.165) is 17.5 Å². The topological polar surface area (TPSA) is 302 Å². The summed E-state index contributed by atoms with van der Waals surface area (Å²) in [6.07, 6.45) is 4.61. The molecular formula is C56H75ClN12O13S. The van der Waals surface area contributed by atoms with Gasteiger partial charge in [-0.15, -0.1) is 0 Å². The van der Waals surface area contributed by atoms with E-state index in [2.05, 4.69) is 41.2 Å². The fourth-order valence-corrected chi connectivity index (χ4v) is 11.5. The summed E-state index contributed by atoms with van der Waals surface area (Å²) in [5.74, 6) is -0.666. The van der Waals surface area contributed by atoms with Gasteiger partial charge in [0.25, 0.3) is 11.5 Å². The molecule has 25 nitrogen and oxygen atoms in total. The fraction of sp³-hybridized carbons (Fsp3) is 0.571. The van der Waals surface area contributed by atoms with Crippen LogP contribution in [-0.4, -0.2) is 188 Å². The summed E-state index contributed by atoms with van der Waals surface area (Å²) in [5, 5.41) is 17.4. The van der Waals surface area contributed by atoms with Crippen LogP contribution >= 0.6 is 23.4 Å². The molecule has 4 aliphatic rings. The lowest BCUT2D eigenvalue weighted by Gasteiger charge is -2.43. The van der Waals surface area contributed by atoms with Crippen molar-refractivity contribution in [3.8, 4) is 0 Å². The first kappa shape index (κ1) is 62.4. The van der Waals surface area contributed by atoms with Crippen molar-refractivity contribution in [2.45, 2.75) is 106 Å². The lowest BCUT2D eigenvalue weighted by molar-refractivity contribution is -0.140. The summed E-state index contributed by atoms with van der Waals surface area (Å²) < 4.78 is 35.2. The highest BCUT2D eigenvalue weighted by Gasteiger charge is 2.51. The number of hydrogen-bond acceptors (Lipinski definition) is 20. The lowest BCUT2D eigenvalue weighted by atomic mass is 9.73. The number of nitrogens with zero attached hydrogens (tertiary/aromatic N) is 7. The number of halogens is 1. The Bertz CT molecular complexity index is 3000. The van der Waals surface area contributed by atoms with Crippen LogP contribution in [0.25, 0.3) is 10.8 Å². The van der Waals surface area contributed by atoms with Gasteiger partial charge < -0.3 is 64.8 Å². The van der Waals surface area contributed by atoms with Gasteiger partial charge in [-0.2, -0.15) is 5.10 Å². The quantitative estimate of drug-likeness (QED) is 0.0453. The number of imide groups is 1. The van der Waals surface area contributed by atoms with E-state index in [4.69, 9.17) is 45.8 Å². The number of piperazine rings is 1. The third-order valence-electron chi connectivity index (χ3n) is 14.7. The molecular weight excluding hydrogens is 1120 g/mol. The normalized spacial score (nSPS) is 19.0. The van der Waals surface area contributed by atoms with Crippen LogP contribution in [0, 0.1) is 5.41 Å². The third kappa shape index (κ3) is 17.0. The van der Waals surface area contributed by atoms with Crippen LogP contribution in [0.15, 0.2) is 63.5 Å². The SMILES string of the molecule is C[C@H]1OCC2(CCN(c3cnc(Sc4cccc(NC(=O)CCC(=O)N5CCN(C(=O)CCOCCOCCOCCOCCNc6cccc7cnn(C8CCC(=O)NC8=O)c(=O)c67)CC5)c4Cl)c(N)n3)CC2)[C@H]1NC(=O)OC(C)(C)C. The highest BCUT2D eigenvalue weighted by atomic mass is 35.5. The van der Waals surface area contributed by atoms with Gasteiger partial charge in [-0.05, 0) is 65.2 Å². The van der Waals surface area contributed by atoms with Crippen molar-refractivity contribution < 1.29 is 57.2 Å². The highest BCUT2D eigenvalue weighted by Crippen LogP contribution is 2.44. The van der Waals surface area contributed by atoms with Gasteiger partial charge >= 0.3 is 6.09 Å². The zero-order chi connectivity index (χ0) is 59.1.